The van der Waals surface area contributed by atoms with E-state index in [1.807, 2.05) is 17.5 Å². The Labute approximate surface area is 99.9 Å². The minimum absolute atomic E-state index is 0.0786. The molecule has 0 bridgehead atoms. The van der Waals surface area contributed by atoms with Crippen LogP contribution in [0.4, 0.5) is 5.69 Å². The third-order valence-electron chi connectivity index (χ3n) is 2.22. The van der Waals surface area contributed by atoms with Gasteiger partial charge in [0, 0.05) is 10.9 Å². The summed E-state index contributed by atoms with van der Waals surface area (Å²) in [6.07, 6.45) is 1.24. The molecule has 0 fully saturated rings. The maximum Gasteiger partial charge on any atom is 0.352 e. The van der Waals surface area contributed by atoms with Crippen LogP contribution in [0.3, 0.4) is 0 Å². The van der Waals surface area contributed by atoms with E-state index in [-0.39, 0.29) is 11.4 Å². The van der Waals surface area contributed by atoms with E-state index < -0.39 is 10.9 Å². The number of carboxylic acid groups (broad SMARTS) is 1. The fourth-order valence-electron chi connectivity index (χ4n) is 1.48. The number of nitrogens with zero attached hydrogens (tertiary/aromatic N) is 2. The van der Waals surface area contributed by atoms with E-state index in [2.05, 4.69) is 0 Å². The molecule has 2 heterocycles. The molecule has 17 heavy (non-hydrogen) atoms. The van der Waals surface area contributed by atoms with E-state index in [9.17, 15) is 14.9 Å². The van der Waals surface area contributed by atoms with E-state index in [0.717, 1.165) is 10.9 Å². The number of nitro groups is 1. The average molecular weight is 252 g/mol. The molecular weight excluding hydrogens is 244 g/mol. The monoisotopic (exact) mass is 252 g/mol. The van der Waals surface area contributed by atoms with Crippen LogP contribution in [0, 0.1) is 10.1 Å². The second-order valence-electron chi connectivity index (χ2n) is 3.35. The molecule has 0 unspecified atom stereocenters. The smallest absolute Gasteiger partial charge is 0.352 e. The molecule has 0 atom stereocenters. The number of aromatic carboxylic acids is 1. The van der Waals surface area contributed by atoms with Crippen molar-refractivity contribution in [2.75, 3.05) is 0 Å². The largest absolute Gasteiger partial charge is 0.477 e. The van der Waals surface area contributed by atoms with Gasteiger partial charge in [0.1, 0.15) is 5.69 Å². The van der Waals surface area contributed by atoms with Gasteiger partial charge in [-0.05, 0) is 11.4 Å². The van der Waals surface area contributed by atoms with Gasteiger partial charge in [-0.15, -0.1) is 11.3 Å². The maximum absolute atomic E-state index is 10.9. The summed E-state index contributed by atoms with van der Waals surface area (Å²) in [5, 5.41) is 21.4. The molecule has 0 aromatic carbocycles. The van der Waals surface area contributed by atoms with Gasteiger partial charge in [0.2, 0.25) is 0 Å². The Kier molecular flexibility index (Phi) is 2.92. The molecule has 1 N–H and O–H groups in total. The first kappa shape index (κ1) is 11.3. The topological polar surface area (TPSA) is 85.4 Å². The lowest BCUT2D eigenvalue weighted by Gasteiger charge is -2.02. The van der Waals surface area contributed by atoms with Crippen molar-refractivity contribution in [1.29, 1.82) is 0 Å². The molecule has 7 heteroatoms. The highest BCUT2D eigenvalue weighted by Crippen LogP contribution is 2.19. The first-order valence-electron chi connectivity index (χ1n) is 4.68. The van der Waals surface area contributed by atoms with Crippen molar-refractivity contribution in [3.8, 4) is 0 Å². The van der Waals surface area contributed by atoms with Crippen molar-refractivity contribution in [3.05, 3.63) is 50.5 Å². The van der Waals surface area contributed by atoms with Crippen molar-refractivity contribution in [1.82, 2.24) is 4.57 Å². The minimum atomic E-state index is -1.17. The third-order valence-corrected chi connectivity index (χ3v) is 3.08. The molecule has 2 aromatic heterocycles. The van der Waals surface area contributed by atoms with E-state index >= 15 is 0 Å². The normalized spacial score (nSPS) is 10.4. The highest BCUT2D eigenvalue weighted by molar-refractivity contribution is 7.09. The van der Waals surface area contributed by atoms with Crippen LogP contribution in [0.15, 0.2) is 29.8 Å². The zero-order valence-corrected chi connectivity index (χ0v) is 9.38. The highest BCUT2D eigenvalue weighted by atomic mass is 32.1. The van der Waals surface area contributed by atoms with Crippen molar-refractivity contribution >= 4 is 23.0 Å². The zero-order valence-electron chi connectivity index (χ0n) is 8.57. The van der Waals surface area contributed by atoms with E-state index in [0.29, 0.717) is 6.54 Å². The van der Waals surface area contributed by atoms with Gasteiger partial charge in [-0.25, -0.2) is 4.79 Å². The summed E-state index contributed by atoms with van der Waals surface area (Å²) in [5.74, 6) is -1.17. The number of carbonyl (C=O) groups is 1. The number of rotatable bonds is 4. The van der Waals surface area contributed by atoms with Gasteiger partial charge in [-0.1, -0.05) is 6.07 Å². The van der Waals surface area contributed by atoms with E-state index in [1.54, 1.807) is 0 Å². The molecule has 0 saturated carbocycles. The Morgan fingerprint density at radius 1 is 1.59 bits per heavy atom. The molecule has 0 saturated heterocycles. The molecule has 0 aliphatic carbocycles. The summed E-state index contributed by atoms with van der Waals surface area (Å²) in [7, 11) is 0. The number of carboxylic acids is 1. The van der Waals surface area contributed by atoms with E-state index in [4.69, 9.17) is 5.11 Å². The lowest BCUT2D eigenvalue weighted by Crippen LogP contribution is -2.07. The fourth-order valence-corrected chi connectivity index (χ4v) is 2.18. The van der Waals surface area contributed by atoms with Gasteiger partial charge >= 0.3 is 5.97 Å². The Morgan fingerprint density at radius 2 is 2.35 bits per heavy atom. The van der Waals surface area contributed by atoms with Crippen LogP contribution in [0.2, 0.25) is 0 Å². The first-order valence-corrected chi connectivity index (χ1v) is 5.56. The highest BCUT2D eigenvalue weighted by Gasteiger charge is 2.18. The van der Waals surface area contributed by atoms with Gasteiger partial charge in [-0.2, -0.15) is 0 Å². The summed E-state index contributed by atoms with van der Waals surface area (Å²) in [5.41, 5.74) is -0.288. The first-order chi connectivity index (χ1) is 8.08. The van der Waals surface area contributed by atoms with E-state index in [1.165, 1.54) is 22.1 Å². The van der Waals surface area contributed by atoms with Crippen LogP contribution in [0.25, 0.3) is 0 Å². The second kappa shape index (κ2) is 4.38. The minimum Gasteiger partial charge on any atom is -0.477 e. The van der Waals surface area contributed by atoms with Crippen LogP contribution in [0.5, 0.6) is 0 Å². The van der Waals surface area contributed by atoms with Crippen molar-refractivity contribution < 1.29 is 14.8 Å². The molecule has 6 nitrogen and oxygen atoms in total. The van der Waals surface area contributed by atoms with Gasteiger partial charge in [-0.3, -0.25) is 10.1 Å². The molecule has 0 amide bonds. The quantitative estimate of drug-likeness (QED) is 0.667. The van der Waals surface area contributed by atoms with Gasteiger partial charge in [0.05, 0.1) is 17.7 Å². The average Bonchev–Trinajstić information content (AvgIpc) is 2.87. The Hall–Kier alpha value is -2.15. The fraction of sp³-hybridized carbons (Fsp3) is 0.100. The molecule has 2 rings (SSSR count). The third kappa shape index (κ3) is 2.34. The van der Waals surface area contributed by atoms with Crippen LogP contribution in [-0.4, -0.2) is 20.6 Å². The number of hydrogen-bond acceptors (Lipinski definition) is 4. The lowest BCUT2D eigenvalue weighted by molar-refractivity contribution is -0.384. The maximum atomic E-state index is 10.9. The van der Waals surface area contributed by atoms with Gasteiger partial charge in [0.15, 0.2) is 0 Å². The zero-order chi connectivity index (χ0) is 12.4. The predicted octanol–water partition coefficient (Wildman–Crippen LogP) is 2.20. The molecule has 0 radical (unpaired) electrons. The predicted molar refractivity (Wildman–Crippen MR) is 61.5 cm³/mol. The van der Waals surface area contributed by atoms with Crippen molar-refractivity contribution in [2.24, 2.45) is 0 Å². The molecule has 88 valence electrons. The Bertz CT molecular complexity index is 559. The molecule has 0 spiro atoms. The number of hydrogen-bond donors (Lipinski definition) is 1. The van der Waals surface area contributed by atoms with Crippen LogP contribution >= 0.6 is 11.3 Å². The van der Waals surface area contributed by atoms with Crippen LogP contribution in [0.1, 0.15) is 15.4 Å². The summed E-state index contributed by atoms with van der Waals surface area (Å²) in [4.78, 5) is 21.9. The Balaban J connectivity index is 2.37. The second-order valence-corrected chi connectivity index (χ2v) is 4.39. The van der Waals surface area contributed by atoms with Gasteiger partial charge in [0.25, 0.3) is 5.69 Å². The van der Waals surface area contributed by atoms with Gasteiger partial charge < -0.3 is 9.67 Å². The molecular formula is C10H8N2O4S. The number of aromatic nitrogens is 1. The van der Waals surface area contributed by atoms with Crippen molar-refractivity contribution in [3.63, 3.8) is 0 Å². The SMILES string of the molecule is O=C(O)c1cc([N+](=O)[O-])cn1Cc1cccs1. The van der Waals surface area contributed by atoms with Crippen LogP contribution < -0.4 is 0 Å². The number of thiophene rings is 1. The van der Waals surface area contributed by atoms with Crippen LogP contribution in [-0.2, 0) is 6.54 Å². The molecule has 2 aromatic rings. The summed E-state index contributed by atoms with van der Waals surface area (Å²) in [6.45, 7) is 0.327. The Morgan fingerprint density at radius 3 is 2.88 bits per heavy atom. The summed E-state index contributed by atoms with van der Waals surface area (Å²) >= 11 is 1.47. The van der Waals surface area contributed by atoms with Crippen molar-refractivity contribution in [2.45, 2.75) is 6.54 Å². The molecule has 0 aliphatic rings. The lowest BCUT2D eigenvalue weighted by atomic mass is 10.4. The summed E-state index contributed by atoms with van der Waals surface area (Å²) in [6, 6.07) is 4.76. The molecule has 0 aliphatic heterocycles. The standard InChI is InChI=1S/C10H8N2O4S/c13-10(14)9-4-7(12(15)16)5-11(9)6-8-2-1-3-17-8/h1-5H,6H2,(H,13,14). The summed E-state index contributed by atoms with van der Waals surface area (Å²) < 4.78 is 1.37.